The van der Waals surface area contributed by atoms with Gasteiger partial charge < -0.3 is 4.48 Å². The Balaban J connectivity index is 1.96. The van der Waals surface area contributed by atoms with Gasteiger partial charge in [-0.1, -0.05) is 48.5 Å². The van der Waals surface area contributed by atoms with Gasteiger partial charge in [0.25, 0.3) is 0 Å². The first-order valence-corrected chi connectivity index (χ1v) is 7.28. The zero-order valence-corrected chi connectivity index (χ0v) is 11.5. The maximum Gasteiger partial charge on any atom is 0.141 e. The SMILES string of the molecule is C[N+]12CCc3ccccc3C1c1ccccc1CC2. The minimum absolute atomic E-state index is 0.551. The summed E-state index contributed by atoms with van der Waals surface area (Å²) >= 11 is 0. The van der Waals surface area contributed by atoms with Crippen molar-refractivity contribution in [1.29, 1.82) is 0 Å². The molecule has 0 saturated carbocycles. The van der Waals surface area contributed by atoms with E-state index in [1.54, 1.807) is 22.3 Å². The van der Waals surface area contributed by atoms with E-state index in [4.69, 9.17) is 0 Å². The molecule has 0 atom stereocenters. The van der Waals surface area contributed by atoms with E-state index in [1.165, 1.54) is 30.4 Å². The fraction of sp³-hybridized carbons (Fsp3) is 0.333. The summed E-state index contributed by atoms with van der Waals surface area (Å²) < 4.78 is 1.19. The summed E-state index contributed by atoms with van der Waals surface area (Å²) in [5.41, 5.74) is 6.23. The number of quaternary nitrogens is 1. The highest BCUT2D eigenvalue weighted by Crippen LogP contribution is 2.43. The third kappa shape index (κ3) is 1.58. The smallest absolute Gasteiger partial charge is 0.141 e. The molecule has 0 N–H and O–H groups in total. The van der Waals surface area contributed by atoms with Gasteiger partial charge in [-0.05, 0) is 11.1 Å². The quantitative estimate of drug-likeness (QED) is 0.629. The van der Waals surface area contributed by atoms with Crippen LogP contribution in [0.2, 0.25) is 0 Å². The van der Waals surface area contributed by atoms with Crippen molar-refractivity contribution in [1.82, 2.24) is 0 Å². The standard InChI is InChI=1S/C18H20N/c1-19-12-10-14-6-2-4-8-16(14)18(19)17-9-5-3-7-15(17)11-13-19/h2-9,18H,10-13H2,1H3/q+1. The number of hydrogen-bond donors (Lipinski definition) is 0. The molecule has 2 aromatic carbocycles. The van der Waals surface area contributed by atoms with Crippen LogP contribution in [-0.2, 0) is 12.8 Å². The van der Waals surface area contributed by atoms with Crippen molar-refractivity contribution < 1.29 is 4.48 Å². The van der Waals surface area contributed by atoms with E-state index in [2.05, 4.69) is 55.6 Å². The van der Waals surface area contributed by atoms with Gasteiger partial charge in [-0.25, -0.2) is 0 Å². The molecule has 0 spiro atoms. The molecule has 0 radical (unpaired) electrons. The van der Waals surface area contributed by atoms with Crippen LogP contribution in [0.3, 0.4) is 0 Å². The zero-order chi connectivity index (χ0) is 12.9. The van der Waals surface area contributed by atoms with Gasteiger partial charge >= 0.3 is 0 Å². The molecule has 0 unspecified atom stereocenters. The van der Waals surface area contributed by atoms with Gasteiger partial charge in [0.05, 0.1) is 20.1 Å². The molecule has 4 rings (SSSR count). The molecule has 2 heterocycles. The lowest BCUT2D eigenvalue weighted by Gasteiger charge is -2.49. The largest absolute Gasteiger partial charge is 0.315 e. The molecular formula is C18H20N+. The predicted octanol–water partition coefficient (Wildman–Crippen LogP) is 3.33. The maximum absolute atomic E-state index is 2.44. The van der Waals surface area contributed by atoms with Crippen LogP contribution in [0, 0.1) is 0 Å². The van der Waals surface area contributed by atoms with Gasteiger partial charge in [-0.15, -0.1) is 0 Å². The fourth-order valence-electron chi connectivity index (χ4n) is 4.02. The summed E-state index contributed by atoms with van der Waals surface area (Å²) in [6.45, 7) is 2.55. The molecule has 0 aliphatic carbocycles. The number of rotatable bonds is 0. The zero-order valence-electron chi connectivity index (χ0n) is 11.5. The molecule has 96 valence electrons. The highest BCUT2D eigenvalue weighted by atomic mass is 15.4. The molecule has 0 amide bonds. The van der Waals surface area contributed by atoms with Crippen LogP contribution in [0.15, 0.2) is 48.5 Å². The monoisotopic (exact) mass is 250 g/mol. The number of hydrogen-bond acceptors (Lipinski definition) is 0. The minimum Gasteiger partial charge on any atom is -0.315 e. The topological polar surface area (TPSA) is 0 Å². The van der Waals surface area contributed by atoms with Crippen molar-refractivity contribution in [3.8, 4) is 0 Å². The predicted molar refractivity (Wildman–Crippen MR) is 78.1 cm³/mol. The Kier molecular flexibility index (Phi) is 2.33. The van der Waals surface area contributed by atoms with Gasteiger partial charge in [-0.2, -0.15) is 0 Å². The second-order valence-electron chi connectivity index (χ2n) is 6.23. The highest BCUT2D eigenvalue weighted by Gasteiger charge is 2.43. The summed E-state index contributed by atoms with van der Waals surface area (Å²) in [4.78, 5) is 0. The maximum atomic E-state index is 2.44. The first kappa shape index (κ1) is 11.2. The molecule has 2 aromatic rings. The van der Waals surface area contributed by atoms with Crippen molar-refractivity contribution in [2.75, 3.05) is 20.1 Å². The van der Waals surface area contributed by atoms with Gasteiger partial charge in [0.1, 0.15) is 6.04 Å². The normalized spacial score (nSPS) is 28.2. The van der Waals surface area contributed by atoms with Crippen molar-refractivity contribution >= 4 is 0 Å². The van der Waals surface area contributed by atoms with Crippen LogP contribution in [-0.4, -0.2) is 24.6 Å². The van der Waals surface area contributed by atoms with E-state index in [0.717, 1.165) is 0 Å². The average molecular weight is 250 g/mol. The van der Waals surface area contributed by atoms with Gasteiger partial charge in [0, 0.05) is 24.0 Å². The second-order valence-corrected chi connectivity index (χ2v) is 6.23. The van der Waals surface area contributed by atoms with Crippen LogP contribution < -0.4 is 0 Å². The van der Waals surface area contributed by atoms with Gasteiger partial charge in [-0.3, -0.25) is 0 Å². The van der Waals surface area contributed by atoms with E-state index in [9.17, 15) is 0 Å². The third-order valence-corrected chi connectivity index (χ3v) is 5.11. The lowest BCUT2D eigenvalue weighted by atomic mass is 9.81. The first-order chi connectivity index (χ1) is 9.28. The highest BCUT2D eigenvalue weighted by molar-refractivity contribution is 5.42. The molecule has 2 aliphatic rings. The lowest BCUT2D eigenvalue weighted by Crippen LogP contribution is -2.54. The van der Waals surface area contributed by atoms with Gasteiger partial charge in [0.2, 0.25) is 0 Å². The Labute approximate surface area is 115 Å². The number of likely N-dealkylation sites (N-methyl/N-ethyl adjacent to an activating group) is 1. The summed E-state index contributed by atoms with van der Waals surface area (Å²) in [5, 5.41) is 0. The summed E-state index contributed by atoms with van der Waals surface area (Å²) in [7, 11) is 2.44. The van der Waals surface area contributed by atoms with E-state index in [0.29, 0.717) is 6.04 Å². The van der Waals surface area contributed by atoms with Crippen molar-refractivity contribution in [3.63, 3.8) is 0 Å². The van der Waals surface area contributed by atoms with E-state index >= 15 is 0 Å². The van der Waals surface area contributed by atoms with Crippen LogP contribution in [0.4, 0.5) is 0 Å². The fourth-order valence-corrected chi connectivity index (χ4v) is 4.02. The summed E-state index contributed by atoms with van der Waals surface area (Å²) in [6.07, 6.45) is 2.46. The van der Waals surface area contributed by atoms with Crippen LogP contribution in [0.5, 0.6) is 0 Å². The van der Waals surface area contributed by atoms with Crippen LogP contribution in [0.1, 0.15) is 28.3 Å². The molecule has 0 aromatic heterocycles. The molecular weight excluding hydrogens is 230 g/mol. The lowest BCUT2D eigenvalue weighted by molar-refractivity contribution is -0.937. The van der Waals surface area contributed by atoms with Crippen molar-refractivity contribution in [3.05, 3.63) is 70.8 Å². The number of benzene rings is 2. The molecule has 0 bridgehead atoms. The molecule has 1 nitrogen and oxygen atoms in total. The van der Waals surface area contributed by atoms with Crippen molar-refractivity contribution in [2.45, 2.75) is 18.9 Å². The number of nitrogens with zero attached hydrogens (tertiary/aromatic N) is 1. The second kappa shape index (κ2) is 3.94. The number of fused-ring (bicyclic) bond motifs is 5. The average Bonchev–Trinajstić information content (AvgIpc) is 2.46. The Hall–Kier alpha value is -1.60. The Morgan fingerprint density at radius 3 is 1.79 bits per heavy atom. The molecule has 2 aliphatic heterocycles. The van der Waals surface area contributed by atoms with Crippen LogP contribution in [0.25, 0.3) is 0 Å². The van der Waals surface area contributed by atoms with Gasteiger partial charge in [0.15, 0.2) is 0 Å². The Morgan fingerprint density at radius 1 is 0.789 bits per heavy atom. The van der Waals surface area contributed by atoms with E-state index in [-0.39, 0.29) is 0 Å². The van der Waals surface area contributed by atoms with E-state index < -0.39 is 0 Å². The molecule has 0 saturated heterocycles. The Morgan fingerprint density at radius 2 is 1.26 bits per heavy atom. The summed E-state index contributed by atoms with van der Waals surface area (Å²) in [5.74, 6) is 0. The molecule has 1 heteroatoms. The van der Waals surface area contributed by atoms with Crippen molar-refractivity contribution in [2.24, 2.45) is 0 Å². The van der Waals surface area contributed by atoms with E-state index in [1.807, 2.05) is 0 Å². The Bertz CT molecular complexity index is 578. The third-order valence-electron chi connectivity index (χ3n) is 5.11. The van der Waals surface area contributed by atoms with Crippen LogP contribution >= 0.6 is 0 Å². The summed E-state index contributed by atoms with van der Waals surface area (Å²) in [6, 6.07) is 18.6. The molecule has 19 heavy (non-hydrogen) atoms. The molecule has 0 fully saturated rings. The minimum atomic E-state index is 0.551. The first-order valence-electron chi connectivity index (χ1n) is 7.28.